The molecule has 4 rings (SSSR count). The third-order valence-corrected chi connectivity index (χ3v) is 6.52. The zero-order valence-corrected chi connectivity index (χ0v) is 16.8. The molecule has 1 saturated carbocycles. The smallest absolute Gasteiger partial charge is 0.193 e. The molecule has 3 aliphatic rings. The van der Waals surface area contributed by atoms with Crippen LogP contribution in [0.4, 0.5) is 0 Å². The van der Waals surface area contributed by atoms with Gasteiger partial charge in [0.05, 0.1) is 19.3 Å². The summed E-state index contributed by atoms with van der Waals surface area (Å²) in [6.07, 6.45) is 5.58. The van der Waals surface area contributed by atoms with Crippen molar-refractivity contribution in [1.82, 2.24) is 15.1 Å². The van der Waals surface area contributed by atoms with Gasteiger partial charge in [0.2, 0.25) is 0 Å². The van der Waals surface area contributed by atoms with E-state index in [0.717, 1.165) is 75.3 Å². The lowest BCUT2D eigenvalue weighted by Crippen LogP contribution is -2.47. The molecule has 2 saturated heterocycles. The van der Waals surface area contributed by atoms with Crippen LogP contribution in [0.25, 0.3) is 0 Å². The molecule has 27 heavy (non-hydrogen) atoms. The second kappa shape index (κ2) is 8.65. The van der Waals surface area contributed by atoms with Gasteiger partial charge < -0.3 is 19.4 Å². The predicted molar refractivity (Wildman–Crippen MR) is 107 cm³/mol. The predicted octanol–water partition coefficient (Wildman–Crippen LogP) is 2.66. The Kier molecular flexibility index (Phi) is 6.03. The zero-order valence-electron chi connectivity index (χ0n) is 16.8. The molecule has 3 atom stereocenters. The molecule has 1 aliphatic carbocycles. The summed E-state index contributed by atoms with van der Waals surface area (Å²) in [7, 11) is 1.91. The van der Waals surface area contributed by atoms with E-state index in [4.69, 9.17) is 9.15 Å². The first-order chi connectivity index (χ1) is 13.2. The van der Waals surface area contributed by atoms with Gasteiger partial charge in [-0.1, -0.05) is 12.8 Å². The molecule has 6 nitrogen and oxygen atoms in total. The highest BCUT2D eigenvalue weighted by Gasteiger charge is 2.36. The molecule has 3 fully saturated rings. The van der Waals surface area contributed by atoms with Crippen LogP contribution in [0.5, 0.6) is 0 Å². The fraction of sp³-hybridized carbons (Fsp3) is 0.762. The quantitative estimate of drug-likeness (QED) is 0.649. The molecular formula is C21H34N4O2. The van der Waals surface area contributed by atoms with E-state index in [-0.39, 0.29) is 6.04 Å². The van der Waals surface area contributed by atoms with Crippen molar-refractivity contribution in [1.29, 1.82) is 0 Å². The number of furan rings is 1. The van der Waals surface area contributed by atoms with Crippen molar-refractivity contribution in [2.75, 3.05) is 53.0 Å². The number of fused-ring (bicyclic) bond motifs is 1. The molecule has 0 aromatic carbocycles. The van der Waals surface area contributed by atoms with Crippen molar-refractivity contribution < 1.29 is 9.15 Å². The Morgan fingerprint density at radius 3 is 2.48 bits per heavy atom. The highest BCUT2D eigenvalue weighted by Crippen LogP contribution is 2.36. The highest BCUT2D eigenvalue weighted by molar-refractivity contribution is 5.80. The summed E-state index contributed by atoms with van der Waals surface area (Å²) in [5, 5.41) is 3.66. The van der Waals surface area contributed by atoms with Crippen LogP contribution in [0, 0.1) is 18.8 Å². The highest BCUT2D eigenvalue weighted by atomic mass is 16.5. The number of aliphatic imine (C=N–C) groups is 1. The number of hydrogen-bond acceptors (Lipinski definition) is 4. The van der Waals surface area contributed by atoms with Gasteiger partial charge in [-0.25, -0.2) is 0 Å². The lowest BCUT2D eigenvalue weighted by atomic mass is 9.82. The van der Waals surface area contributed by atoms with Gasteiger partial charge >= 0.3 is 0 Å². The number of nitrogens with one attached hydrogen (secondary N) is 1. The van der Waals surface area contributed by atoms with Crippen LogP contribution in [0.3, 0.4) is 0 Å². The first kappa shape index (κ1) is 18.8. The van der Waals surface area contributed by atoms with Gasteiger partial charge in [-0.05, 0) is 43.7 Å². The van der Waals surface area contributed by atoms with Crippen LogP contribution < -0.4 is 5.32 Å². The first-order valence-electron chi connectivity index (χ1n) is 10.6. The fourth-order valence-corrected chi connectivity index (χ4v) is 5.03. The maximum absolute atomic E-state index is 5.99. The lowest BCUT2D eigenvalue weighted by molar-refractivity contribution is 0.0123. The topological polar surface area (TPSA) is 53.2 Å². The molecule has 6 heteroatoms. The molecule has 0 radical (unpaired) electrons. The summed E-state index contributed by atoms with van der Waals surface area (Å²) in [4.78, 5) is 9.54. The normalized spacial score (nSPS) is 28.2. The van der Waals surface area contributed by atoms with E-state index >= 15 is 0 Å². The van der Waals surface area contributed by atoms with Crippen LogP contribution >= 0.6 is 0 Å². The van der Waals surface area contributed by atoms with E-state index < -0.39 is 0 Å². The summed E-state index contributed by atoms with van der Waals surface area (Å²) in [6, 6.07) is 4.39. The van der Waals surface area contributed by atoms with Crippen molar-refractivity contribution in [2.24, 2.45) is 16.8 Å². The minimum atomic E-state index is 0.212. The molecule has 1 aromatic rings. The average molecular weight is 375 g/mol. The van der Waals surface area contributed by atoms with Gasteiger partial charge in [0, 0.05) is 39.8 Å². The maximum Gasteiger partial charge on any atom is 0.193 e. The number of likely N-dealkylation sites (tertiary alicyclic amines) is 1. The Morgan fingerprint density at radius 1 is 1.19 bits per heavy atom. The van der Waals surface area contributed by atoms with Crippen molar-refractivity contribution in [3.8, 4) is 0 Å². The SMILES string of the molecule is CN=C(NCC(c1ccc(C)o1)N1CCOCC1)N1CC2CCCCC2C1. The minimum absolute atomic E-state index is 0.212. The second-order valence-corrected chi connectivity index (χ2v) is 8.25. The molecule has 1 aromatic heterocycles. The Labute approximate surface area is 162 Å². The molecule has 3 heterocycles. The van der Waals surface area contributed by atoms with E-state index in [9.17, 15) is 0 Å². The van der Waals surface area contributed by atoms with Crippen molar-refractivity contribution in [3.63, 3.8) is 0 Å². The zero-order chi connectivity index (χ0) is 18.6. The summed E-state index contributed by atoms with van der Waals surface area (Å²) >= 11 is 0. The average Bonchev–Trinajstić information content (AvgIpc) is 3.32. The van der Waals surface area contributed by atoms with Crippen LogP contribution in [-0.2, 0) is 4.74 Å². The van der Waals surface area contributed by atoms with Gasteiger partial charge in [-0.15, -0.1) is 0 Å². The monoisotopic (exact) mass is 374 g/mol. The van der Waals surface area contributed by atoms with E-state index in [2.05, 4.69) is 32.2 Å². The summed E-state index contributed by atoms with van der Waals surface area (Å²) in [5.41, 5.74) is 0. The third kappa shape index (κ3) is 4.32. The molecular weight excluding hydrogens is 340 g/mol. The number of morpholine rings is 1. The molecule has 150 valence electrons. The molecule has 1 N–H and O–H groups in total. The first-order valence-corrected chi connectivity index (χ1v) is 10.6. The second-order valence-electron chi connectivity index (χ2n) is 8.25. The largest absolute Gasteiger partial charge is 0.465 e. The number of rotatable bonds is 4. The van der Waals surface area contributed by atoms with Crippen molar-refractivity contribution in [2.45, 2.75) is 38.6 Å². The number of ether oxygens (including phenoxy) is 1. The van der Waals surface area contributed by atoms with Gasteiger partial charge in [0.25, 0.3) is 0 Å². The van der Waals surface area contributed by atoms with Crippen LogP contribution in [-0.4, -0.2) is 68.7 Å². The van der Waals surface area contributed by atoms with Crippen LogP contribution in [0.15, 0.2) is 21.5 Å². The van der Waals surface area contributed by atoms with Gasteiger partial charge in [0.15, 0.2) is 5.96 Å². The van der Waals surface area contributed by atoms with E-state index in [0.29, 0.717) is 0 Å². The Hall–Kier alpha value is -1.53. The fourth-order valence-electron chi connectivity index (χ4n) is 5.03. The summed E-state index contributed by atoms with van der Waals surface area (Å²) in [5.74, 6) is 4.77. The minimum Gasteiger partial charge on any atom is -0.465 e. The van der Waals surface area contributed by atoms with Crippen LogP contribution in [0.2, 0.25) is 0 Å². The number of guanidine groups is 1. The molecule has 0 amide bonds. The molecule has 2 aliphatic heterocycles. The molecule has 0 spiro atoms. The Bertz CT molecular complexity index is 624. The molecule has 3 unspecified atom stereocenters. The Balaban J connectivity index is 1.41. The summed E-state index contributed by atoms with van der Waals surface area (Å²) < 4.78 is 11.5. The third-order valence-electron chi connectivity index (χ3n) is 6.52. The van der Waals surface area contributed by atoms with Crippen molar-refractivity contribution >= 4 is 5.96 Å². The lowest BCUT2D eigenvalue weighted by Gasteiger charge is -2.34. The van der Waals surface area contributed by atoms with Crippen molar-refractivity contribution in [3.05, 3.63) is 23.7 Å². The number of hydrogen-bond donors (Lipinski definition) is 1. The Morgan fingerprint density at radius 2 is 1.89 bits per heavy atom. The molecule has 0 bridgehead atoms. The van der Waals surface area contributed by atoms with E-state index in [1.807, 2.05) is 14.0 Å². The van der Waals surface area contributed by atoms with E-state index in [1.54, 1.807) is 0 Å². The van der Waals surface area contributed by atoms with Gasteiger partial charge in [0.1, 0.15) is 11.5 Å². The van der Waals surface area contributed by atoms with E-state index in [1.165, 1.54) is 25.7 Å². The number of nitrogens with zero attached hydrogens (tertiary/aromatic N) is 3. The number of aryl methyl sites for hydroxylation is 1. The van der Waals surface area contributed by atoms with Gasteiger partial charge in [-0.3, -0.25) is 9.89 Å². The summed E-state index contributed by atoms with van der Waals surface area (Å²) in [6.45, 7) is 8.61. The maximum atomic E-state index is 5.99. The van der Waals surface area contributed by atoms with Gasteiger partial charge in [-0.2, -0.15) is 0 Å². The standard InChI is InChI=1S/C21H34N4O2/c1-16-7-8-20(27-16)19(24-9-11-26-12-10-24)13-23-21(22-2)25-14-17-5-3-4-6-18(17)15-25/h7-8,17-19H,3-6,9-15H2,1-2H3,(H,22,23). The van der Waals surface area contributed by atoms with Crippen LogP contribution in [0.1, 0.15) is 43.2 Å².